The van der Waals surface area contributed by atoms with Crippen LogP contribution in [0.15, 0.2) is 53.1 Å². The van der Waals surface area contributed by atoms with Crippen molar-refractivity contribution in [1.29, 1.82) is 0 Å². The van der Waals surface area contributed by atoms with Gasteiger partial charge in [-0.15, -0.1) is 0 Å². The number of furan rings is 1. The number of nitrogens with zero attached hydrogens (tertiary/aromatic N) is 2. The summed E-state index contributed by atoms with van der Waals surface area (Å²) < 4.78 is 6.87. The Hall–Kier alpha value is -2.73. The van der Waals surface area contributed by atoms with Crippen LogP contribution in [0.25, 0.3) is 11.5 Å². The predicted octanol–water partition coefficient (Wildman–Crippen LogP) is 3.66. The fourth-order valence-electron chi connectivity index (χ4n) is 2.12. The van der Waals surface area contributed by atoms with Crippen molar-refractivity contribution in [3.63, 3.8) is 0 Å². The van der Waals surface area contributed by atoms with Crippen LogP contribution in [-0.4, -0.2) is 15.8 Å². The Kier molecular flexibility index (Phi) is 4.34. The lowest BCUT2D eigenvalue weighted by molar-refractivity contribution is 0.251. The average Bonchev–Trinajstić information content (AvgIpc) is 3.16. The van der Waals surface area contributed by atoms with Crippen molar-refractivity contribution in [2.75, 3.05) is 5.32 Å². The molecule has 0 saturated carbocycles. The Bertz CT molecular complexity index is 811. The molecule has 2 N–H and O–H groups in total. The fourth-order valence-corrected chi connectivity index (χ4v) is 2.33. The van der Waals surface area contributed by atoms with Crippen LogP contribution in [0, 0.1) is 0 Å². The van der Waals surface area contributed by atoms with E-state index in [1.165, 1.54) is 0 Å². The van der Waals surface area contributed by atoms with Crippen LogP contribution in [0.1, 0.15) is 5.56 Å². The van der Waals surface area contributed by atoms with Crippen molar-refractivity contribution < 1.29 is 9.21 Å². The van der Waals surface area contributed by atoms with E-state index in [1.54, 1.807) is 42.3 Å². The Labute approximate surface area is 138 Å². The van der Waals surface area contributed by atoms with Gasteiger partial charge in [-0.25, -0.2) is 4.79 Å². The zero-order valence-electron chi connectivity index (χ0n) is 12.4. The monoisotopic (exact) mass is 330 g/mol. The van der Waals surface area contributed by atoms with E-state index < -0.39 is 0 Å². The molecular weight excluding hydrogens is 316 g/mol. The van der Waals surface area contributed by atoms with Crippen LogP contribution in [-0.2, 0) is 13.6 Å². The van der Waals surface area contributed by atoms with Gasteiger partial charge in [-0.05, 0) is 29.8 Å². The molecule has 0 bridgehead atoms. The Morgan fingerprint density at radius 3 is 2.91 bits per heavy atom. The minimum absolute atomic E-state index is 0.320. The summed E-state index contributed by atoms with van der Waals surface area (Å²) in [4.78, 5) is 12.0. The summed E-state index contributed by atoms with van der Waals surface area (Å²) in [7, 11) is 1.75. The number of carbonyl (C=O) groups excluding carboxylic acids is 1. The molecule has 1 aromatic carbocycles. The van der Waals surface area contributed by atoms with Gasteiger partial charge in [0.05, 0.1) is 6.26 Å². The number of hydrogen-bond donors (Lipinski definition) is 2. The maximum atomic E-state index is 12.0. The first-order chi connectivity index (χ1) is 11.1. The van der Waals surface area contributed by atoms with Gasteiger partial charge in [0.25, 0.3) is 0 Å². The van der Waals surface area contributed by atoms with Crippen molar-refractivity contribution in [2.45, 2.75) is 6.54 Å². The lowest BCUT2D eigenvalue weighted by Gasteiger charge is -2.07. The van der Waals surface area contributed by atoms with Gasteiger partial charge in [0.15, 0.2) is 5.76 Å². The zero-order valence-corrected chi connectivity index (χ0v) is 13.2. The van der Waals surface area contributed by atoms with E-state index in [4.69, 9.17) is 16.0 Å². The lowest BCUT2D eigenvalue weighted by atomic mass is 10.2. The van der Waals surface area contributed by atoms with Gasteiger partial charge in [-0.1, -0.05) is 23.7 Å². The number of urea groups is 1. The minimum Gasteiger partial charge on any atom is -0.463 e. The van der Waals surface area contributed by atoms with E-state index in [-0.39, 0.29) is 6.03 Å². The topological polar surface area (TPSA) is 72.1 Å². The first-order valence-corrected chi connectivity index (χ1v) is 7.37. The first kappa shape index (κ1) is 15.2. The largest absolute Gasteiger partial charge is 0.463 e. The number of anilines is 1. The minimum atomic E-state index is -0.320. The summed E-state index contributed by atoms with van der Waals surface area (Å²) in [5.41, 5.74) is 1.58. The quantitative estimate of drug-likeness (QED) is 0.767. The fraction of sp³-hybridized carbons (Fsp3) is 0.125. The van der Waals surface area contributed by atoms with E-state index in [1.807, 2.05) is 18.2 Å². The number of amides is 2. The van der Waals surface area contributed by atoms with Crippen LogP contribution in [0.5, 0.6) is 0 Å². The van der Waals surface area contributed by atoms with Crippen molar-refractivity contribution in [2.24, 2.45) is 7.05 Å². The Balaban J connectivity index is 1.62. The van der Waals surface area contributed by atoms with E-state index in [2.05, 4.69) is 15.7 Å². The molecule has 0 radical (unpaired) electrons. The molecule has 7 heteroatoms. The normalized spacial score (nSPS) is 10.5. The van der Waals surface area contributed by atoms with E-state index in [0.717, 1.165) is 5.56 Å². The number of aryl methyl sites for hydroxylation is 1. The molecule has 0 spiro atoms. The van der Waals surface area contributed by atoms with Gasteiger partial charge >= 0.3 is 6.03 Å². The molecule has 6 nitrogen and oxygen atoms in total. The summed E-state index contributed by atoms with van der Waals surface area (Å²) >= 11 is 5.91. The molecule has 3 aromatic rings. The molecule has 0 aliphatic carbocycles. The van der Waals surface area contributed by atoms with Crippen molar-refractivity contribution in [3.05, 3.63) is 59.3 Å². The van der Waals surface area contributed by atoms with E-state index in [9.17, 15) is 4.79 Å². The molecule has 2 heterocycles. The van der Waals surface area contributed by atoms with E-state index in [0.29, 0.717) is 28.8 Å². The maximum Gasteiger partial charge on any atom is 0.320 e. The molecule has 0 saturated heterocycles. The second-order valence-electron chi connectivity index (χ2n) is 4.95. The number of benzene rings is 1. The van der Waals surface area contributed by atoms with Crippen LogP contribution >= 0.6 is 11.6 Å². The number of nitrogens with one attached hydrogen (secondary N) is 2. The molecule has 2 amide bonds. The molecule has 0 aliphatic heterocycles. The van der Waals surface area contributed by atoms with Gasteiger partial charge in [-0.3, -0.25) is 10.00 Å². The summed E-state index contributed by atoms with van der Waals surface area (Å²) in [6.07, 6.45) is 1.58. The molecule has 0 aliphatic rings. The van der Waals surface area contributed by atoms with Crippen molar-refractivity contribution in [1.82, 2.24) is 15.1 Å². The summed E-state index contributed by atoms with van der Waals surface area (Å²) in [5.74, 6) is 1.22. The van der Waals surface area contributed by atoms with Gasteiger partial charge in [0.1, 0.15) is 11.5 Å². The van der Waals surface area contributed by atoms with Gasteiger partial charge < -0.3 is 9.73 Å². The van der Waals surface area contributed by atoms with Crippen molar-refractivity contribution in [3.8, 4) is 11.5 Å². The number of rotatable bonds is 4. The van der Waals surface area contributed by atoms with Gasteiger partial charge in [0.2, 0.25) is 0 Å². The Morgan fingerprint density at radius 2 is 2.17 bits per heavy atom. The lowest BCUT2D eigenvalue weighted by Crippen LogP contribution is -2.29. The van der Waals surface area contributed by atoms with E-state index >= 15 is 0 Å². The molecule has 118 valence electrons. The molecule has 0 unspecified atom stereocenters. The third-order valence-electron chi connectivity index (χ3n) is 3.24. The highest BCUT2D eigenvalue weighted by Gasteiger charge is 2.11. The van der Waals surface area contributed by atoms with Crippen LogP contribution < -0.4 is 10.6 Å². The highest BCUT2D eigenvalue weighted by atomic mass is 35.5. The second-order valence-corrected chi connectivity index (χ2v) is 5.39. The predicted molar refractivity (Wildman–Crippen MR) is 88.2 cm³/mol. The molecule has 3 rings (SSSR count). The van der Waals surface area contributed by atoms with Gasteiger partial charge in [0, 0.05) is 24.7 Å². The average molecular weight is 331 g/mol. The number of hydrogen-bond acceptors (Lipinski definition) is 3. The van der Waals surface area contributed by atoms with Crippen molar-refractivity contribution >= 4 is 23.4 Å². The molecule has 0 fully saturated rings. The standard InChI is InChI=1S/C16H15ClN4O2/c1-21-15(9-13(20-21)14-6-3-7-23-14)19-16(22)18-10-11-4-2-5-12(17)8-11/h2-9H,10H2,1H3,(H2,18,19,22). The van der Waals surface area contributed by atoms with Crippen LogP contribution in [0.4, 0.5) is 10.6 Å². The summed E-state index contributed by atoms with van der Waals surface area (Å²) in [6.45, 7) is 0.384. The summed E-state index contributed by atoms with van der Waals surface area (Å²) in [6, 6.07) is 12.4. The SMILES string of the molecule is Cn1nc(-c2ccco2)cc1NC(=O)NCc1cccc(Cl)c1. The Morgan fingerprint density at radius 1 is 1.30 bits per heavy atom. The highest BCUT2D eigenvalue weighted by molar-refractivity contribution is 6.30. The van der Waals surface area contributed by atoms with Crippen LogP contribution in [0.2, 0.25) is 5.02 Å². The molecule has 23 heavy (non-hydrogen) atoms. The third-order valence-corrected chi connectivity index (χ3v) is 3.47. The van der Waals surface area contributed by atoms with Gasteiger partial charge in [-0.2, -0.15) is 5.10 Å². The number of carbonyl (C=O) groups is 1. The third kappa shape index (κ3) is 3.73. The molecule has 0 atom stereocenters. The smallest absolute Gasteiger partial charge is 0.320 e. The number of halogens is 1. The zero-order chi connectivity index (χ0) is 16.2. The first-order valence-electron chi connectivity index (χ1n) is 6.99. The molecular formula is C16H15ClN4O2. The number of aromatic nitrogens is 2. The second kappa shape index (κ2) is 6.58. The summed E-state index contributed by atoms with van der Waals surface area (Å²) in [5, 5.41) is 10.5. The molecule has 2 aromatic heterocycles. The maximum absolute atomic E-state index is 12.0. The highest BCUT2D eigenvalue weighted by Crippen LogP contribution is 2.21. The van der Waals surface area contributed by atoms with Crippen LogP contribution in [0.3, 0.4) is 0 Å².